The Morgan fingerprint density at radius 3 is 2.93 bits per heavy atom. The van der Waals surface area contributed by atoms with Gasteiger partial charge in [-0.1, -0.05) is 0 Å². The van der Waals surface area contributed by atoms with Gasteiger partial charge in [0.05, 0.1) is 24.8 Å². The number of ether oxygens (including phenoxy) is 3. The van der Waals surface area contributed by atoms with Crippen LogP contribution in [0, 0.1) is 6.92 Å². The first kappa shape index (κ1) is 18.5. The Morgan fingerprint density at radius 1 is 1.19 bits per heavy atom. The van der Waals surface area contributed by atoms with E-state index in [4.69, 9.17) is 14.2 Å². The molecule has 2 aromatic rings. The summed E-state index contributed by atoms with van der Waals surface area (Å²) >= 11 is 0. The SMILES string of the molecule is Cc1cc(N2CC[C@H](OCCOC3CCCCO3)C2)c2ccc(O)cc2n1. The maximum Gasteiger partial charge on any atom is 0.157 e. The molecule has 2 aliphatic rings. The molecular formula is C21H28N2O4. The molecule has 2 atom stereocenters. The van der Waals surface area contributed by atoms with Gasteiger partial charge in [0.2, 0.25) is 0 Å². The average Bonchev–Trinajstić information content (AvgIpc) is 3.14. The average molecular weight is 372 g/mol. The lowest BCUT2D eigenvalue weighted by Crippen LogP contribution is -2.26. The molecule has 2 fully saturated rings. The molecule has 1 unspecified atom stereocenters. The lowest BCUT2D eigenvalue weighted by molar-refractivity contribution is -0.170. The normalized spacial score (nSPS) is 23.2. The molecule has 6 nitrogen and oxygen atoms in total. The van der Waals surface area contributed by atoms with E-state index in [1.807, 2.05) is 13.0 Å². The topological polar surface area (TPSA) is 64.1 Å². The van der Waals surface area contributed by atoms with Gasteiger partial charge in [0.25, 0.3) is 0 Å². The number of hydrogen-bond donors (Lipinski definition) is 1. The number of hydrogen-bond acceptors (Lipinski definition) is 6. The number of benzene rings is 1. The van der Waals surface area contributed by atoms with Crippen LogP contribution in [0.3, 0.4) is 0 Å². The molecule has 0 saturated carbocycles. The predicted molar refractivity (Wildman–Crippen MR) is 104 cm³/mol. The van der Waals surface area contributed by atoms with E-state index in [1.165, 1.54) is 6.42 Å². The largest absolute Gasteiger partial charge is 0.508 e. The summed E-state index contributed by atoms with van der Waals surface area (Å²) in [6.45, 7) is 5.79. The summed E-state index contributed by atoms with van der Waals surface area (Å²) in [6, 6.07) is 7.50. The van der Waals surface area contributed by atoms with Crippen LogP contribution in [0.2, 0.25) is 0 Å². The second-order valence-corrected chi connectivity index (χ2v) is 7.38. The summed E-state index contributed by atoms with van der Waals surface area (Å²) in [5, 5.41) is 10.8. The Balaban J connectivity index is 1.32. The lowest BCUT2D eigenvalue weighted by atomic mass is 10.1. The van der Waals surface area contributed by atoms with E-state index in [2.05, 4.69) is 16.0 Å². The van der Waals surface area contributed by atoms with Crippen LogP contribution in [0.25, 0.3) is 10.9 Å². The van der Waals surface area contributed by atoms with Crippen LogP contribution in [0.1, 0.15) is 31.4 Å². The second-order valence-electron chi connectivity index (χ2n) is 7.38. The number of rotatable bonds is 6. The number of anilines is 1. The van der Waals surface area contributed by atoms with E-state index in [9.17, 15) is 5.11 Å². The summed E-state index contributed by atoms with van der Waals surface area (Å²) in [5.74, 6) is 0.246. The van der Waals surface area contributed by atoms with Crippen LogP contribution in [0.15, 0.2) is 24.3 Å². The van der Waals surface area contributed by atoms with Crippen molar-refractivity contribution in [2.75, 3.05) is 37.8 Å². The highest BCUT2D eigenvalue weighted by molar-refractivity contribution is 5.92. The van der Waals surface area contributed by atoms with Crippen LogP contribution in [0.5, 0.6) is 5.75 Å². The fraction of sp³-hybridized carbons (Fsp3) is 0.571. The van der Waals surface area contributed by atoms with E-state index in [1.54, 1.807) is 12.1 Å². The molecule has 0 radical (unpaired) electrons. The molecular weight excluding hydrogens is 344 g/mol. The third-order valence-electron chi connectivity index (χ3n) is 5.26. The van der Waals surface area contributed by atoms with Crippen molar-refractivity contribution in [3.63, 3.8) is 0 Å². The maximum atomic E-state index is 9.74. The van der Waals surface area contributed by atoms with Gasteiger partial charge in [0, 0.05) is 42.5 Å². The second kappa shape index (κ2) is 8.42. The molecule has 2 saturated heterocycles. The lowest BCUT2D eigenvalue weighted by Gasteiger charge is -2.23. The van der Waals surface area contributed by atoms with Crippen LogP contribution in [-0.4, -0.2) is 55.4 Å². The van der Waals surface area contributed by atoms with Gasteiger partial charge in [-0.3, -0.25) is 4.98 Å². The van der Waals surface area contributed by atoms with Crippen molar-refractivity contribution < 1.29 is 19.3 Å². The first-order valence-electron chi connectivity index (χ1n) is 9.89. The summed E-state index contributed by atoms with van der Waals surface area (Å²) < 4.78 is 17.4. The van der Waals surface area contributed by atoms with Gasteiger partial charge >= 0.3 is 0 Å². The van der Waals surface area contributed by atoms with E-state index in [0.29, 0.717) is 13.2 Å². The van der Waals surface area contributed by atoms with Crippen molar-refractivity contribution in [3.05, 3.63) is 30.0 Å². The molecule has 1 aromatic carbocycles. The minimum Gasteiger partial charge on any atom is -0.508 e. The van der Waals surface area contributed by atoms with Crippen molar-refractivity contribution in [2.45, 2.75) is 45.0 Å². The molecule has 0 spiro atoms. The predicted octanol–water partition coefficient (Wildman–Crippen LogP) is 3.39. The van der Waals surface area contributed by atoms with E-state index < -0.39 is 0 Å². The smallest absolute Gasteiger partial charge is 0.157 e. The first-order valence-corrected chi connectivity index (χ1v) is 9.89. The Bertz CT molecular complexity index is 771. The number of phenols is 1. The molecule has 0 aliphatic carbocycles. The van der Waals surface area contributed by atoms with Crippen molar-refractivity contribution in [1.82, 2.24) is 4.98 Å². The summed E-state index contributed by atoms with van der Waals surface area (Å²) in [5.41, 5.74) is 2.94. The monoisotopic (exact) mass is 372 g/mol. The molecule has 3 heterocycles. The molecule has 4 rings (SSSR count). The molecule has 2 aliphatic heterocycles. The fourth-order valence-corrected chi connectivity index (χ4v) is 3.91. The molecule has 6 heteroatoms. The van der Waals surface area contributed by atoms with Gasteiger partial charge in [-0.05, 0) is 50.8 Å². The van der Waals surface area contributed by atoms with Crippen molar-refractivity contribution in [1.29, 1.82) is 0 Å². The number of aromatic hydroxyl groups is 1. The summed E-state index contributed by atoms with van der Waals surface area (Å²) in [6.07, 6.45) is 4.46. The van der Waals surface area contributed by atoms with E-state index >= 15 is 0 Å². The minimum absolute atomic E-state index is 0.0509. The number of aryl methyl sites for hydroxylation is 1. The Morgan fingerprint density at radius 2 is 2.07 bits per heavy atom. The van der Waals surface area contributed by atoms with Crippen molar-refractivity contribution in [2.24, 2.45) is 0 Å². The number of nitrogens with zero attached hydrogens (tertiary/aromatic N) is 2. The van der Waals surface area contributed by atoms with Crippen LogP contribution >= 0.6 is 0 Å². The minimum atomic E-state index is -0.0509. The molecule has 1 aromatic heterocycles. The standard InChI is InChI=1S/C21H28N2O4/c1-15-12-20(18-6-5-16(24)13-19(18)22-15)23-8-7-17(14-23)25-10-11-27-21-4-2-3-9-26-21/h5-6,12-13,17,21,24H,2-4,7-11,14H2,1H3/t17-,21?/m0/s1. The number of pyridine rings is 1. The highest BCUT2D eigenvalue weighted by Crippen LogP contribution is 2.31. The van der Waals surface area contributed by atoms with Crippen LogP contribution in [0.4, 0.5) is 5.69 Å². The molecule has 0 amide bonds. The van der Waals surface area contributed by atoms with Gasteiger partial charge in [-0.2, -0.15) is 0 Å². The van der Waals surface area contributed by atoms with Gasteiger partial charge in [-0.25, -0.2) is 0 Å². The van der Waals surface area contributed by atoms with Crippen molar-refractivity contribution in [3.8, 4) is 5.75 Å². The first-order chi connectivity index (χ1) is 13.2. The van der Waals surface area contributed by atoms with E-state index in [0.717, 1.165) is 61.2 Å². The van der Waals surface area contributed by atoms with Gasteiger partial charge < -0.3 is 24.2 Å². The summed E-state index contributed by atoms with van der Waals surface area (Å²) in [4.78, 5) is 6.90. The zero-order valence-corrected chi connectivity index (χ0v) is 15.9. The quantitative estimate of drug-likeness (QED) is 0.784. The molecule has 27 heavy (non-hydrogen) atoms. The third-order valence-corrected chi connectivity index (χ3v) is 5.26. The number of phenolic OH excluding ortho intramolecular Hbond substituents is 1. The van der Waals surface area contributed by atoms with E-state index in [-0.39, 0.29) is 18.1 Å². The number of fused-ring (bicyclic) bond motifs is 1. The third kappa shape index (κ3) is 4.51. The maximum absolute atomic E-state index is 9.74. The Labute approximate surface area is 160 Å². The highest BCUT2D eigenvalue weighted by atomic mass is 16.7. The molecule has 1 N–H and O–H groups in total. The fourth-order valence-electron chi connectivity index (χ4n) is 3.91. The van der Waals surface area contributed by atoms with Crippen LogP contribution in [-0.2, 0) is 14.2 Å². The van der Waals surface area contributed by atoms with Gasteiger partial charge in [-0.15, -0.1) is 0 Å². The van der Waals surface area contributed by atoms with Gasteiger partial charge in [0.1, 0.15) is 5.75 Å². The zero-order chi connectivity index (χ0) is 18.6. The van der Waals surface area contributed by atoms with Crippen molar-refractivity contribution >= 4 is 16.6 Å². The Kier molecular flexibility index (Phi) is 5.76. The Hall–Kier alpha value is -1.89. The van der Waals surface area contributed by atoms with Crippen LogP contribution < -0.4 is 4.90 Å². The zero-order valence-electron chi connectivity index (χ0n) is 15.9. The molecule has 0 bridgehead atoms. The molecule has 146 valence electrons. The summed E-state index contributed by atoms with van der Waals surface area (Å²) in [7, 11) is 0. The highest BCUT2D eigenvalue weighted by Gasteiger charge is 2.25. The van der Waals surface area contributed by atoms with Gasteiger partial charge in [0.15, 0.2) is 6.29 Å². The number of aromatic nitrogens is 1.